The fourth-order valence-corrected chi connectivity index (χ4v) is 3.14. The van der Waals surface area contributed by atoms with E-state index < -0.39 is 11.6 Å². The first-order valence-electron chi connectivity index (χ1n) is 8.77. The normalized spacial score (nSPS) is 14.1. The molecule has 2 aromatic heterocycles. The van der Waals surface area contributed by atoms with Gasteiger partial charge in [0.25, 0.3) is 0 Å². The zero-order valence-electron chi connectivity index (χ0n) is 15.4. The Morgan fingerprint density at radius 2 is 1.82 bits per heavy atom. The first-order chi connectivity index (χ1) is 13.4. The summed E-state index contributed by atoms with van der Waals surface area (Å²) in [6, 6.07) is 7.07. The number of carbonyl (C=O) groups excluding carboxylic acids is 1. The van der Waals surface area contributed by atoms with Gasteiger partial charge in [-0.1, -0.05) is 0 Å². The summed E-state index contributed by atoms with van der Waals surface area (Å²) in [6.07, 6.45) is 1.47. The molecule has 1 N–H and O–H groups in total. The van der Waals surface area contributed by atoms with Crippen LogP contribution < -0.4 is 10.2 Å². The number of anilines is 2. The number of rotatable bonds is 4. The van der Waals surface area contributed by atoms with Crippen molar-refractivity contribution in [3.05, 3.63) is 59.7 Å². The minimum atomic E-state index is -0.995. The highest BCUT2D eigenvalue weighted by molar-refractivity contribution is 5.94. The zero-order valence-corrected chi connectivity index (χ0v) is 15.4. The summed E-state index contributed by atoms with van der Waals surface area (Å²) >= 11 is 0. The van der Waals surface area contributed by atoms with Gasteiger partial charge in [-0.3, -0.25) is 4.79 Å². The Labute approximate surface area is 160 Å². The van der Waals surface area contributed by atoms with Crippen LogP contribution in [0.2, 0.25) is 0 Å². The number of halogens is 2. The van der Waals surface area contributed by atoms with Crippen LogP contribution in [0, 0.1) is 31.4 Å². The molecule has 3 aromatic rings. The first-order valence-corrected chi connectivity index (χ1v) is 8.77. The molecule has 0 saturated carbocycles. The van der Waals surface area contributed by atoms with Crippen LogP contribution in [-0.4, -0.2) is 38.7 Å². The van der Waals surface area contributed by atoms with E-state index in [9.17, 15) is 13.6 Å². The monoisotopic (exact) mass is 384 g/mol. The van der Waals surface area contributed by atoms with Gasteiger partial charge in [0, 0.05) is 36.6 Å². The first kappa shape index (κ1) is 18.0. The molecule has 7 nitrogen and oxygen atoms in total. The van der Waals surface area contributed by atoms with Crippen molar-refractivity contribution in [1.82, 2.24) is 19.7 Å². The largest absolute Gasteiger partial charge is 0.355 e. The van der Waals surface area contributed by atoms with E-state index in [1.54, 1.807) is 4.68 Å². The molecule has 28 heavy (non-hydrogen) atoms. The molecule has 3 heterocycles. The van der Waals surface area contributed by atoms with E-state index in [1.165, 1.54) is 12.4 Å². The fourth-order valence-electron chi connectivity index (χ4n) is 3.14. The number of aromatic nitrogens is 4. The highest BCUT2D eigenvalue weighted by Gasteiger charge is 2.34. The second kappa shape index (κ2) is 6.99. The summed E-state index contributed by atoms with van der Waals surface area (Å²) in [5.74, 6) is -1.09. The number of nitrogens with zero attached hydrogens (tertiary/aromatic N) is 5. The predicted octanol–water partition coefficient (Wildman–Crippen LogP) is 2.63. The summed E-state index contributed by atoms with van der Waals surface area (Å²) in [6.45, 7) is 4.81. The van der Waals surface area contributed by atoms with E-state index in [-0.39, 0.29) is 17.5 Å². The Morgan fingerprint density at radius 3 is 2.50 bits per heavy atom. The maximum absolute atomic E-state index is 13.3. The van der Waals surface area contributed by atoms with Gasteiger partial charge in [-0.05, 0) is 32.0 Å². The molecule has 9 heteroatoms. The number of hydrogen-bond acceptors (Lipinski definition) is 5. The number of nitrogens with one attached hydrogen (secondary N) is 1. The van der Waals surface area contributed by atoms with Crippen molar-refractivity contribution in [2.75, 3.05) is 23.3 Å². The summed E-state index contributed by atoms with van der Waals surface area (Å²) in [4.78, 5) is 22.8. The lowest BCUT2D eigenvalue weighted by molar-refractivity contribution is -0.120. The van der Waals surface area contributed by atoms with Crippen molar-refractivity contribution in [2.45, 2.75) is 13.8 Å². The molecule has 1 aliphatic rings. The average molecular weight is 384 g/mol. The maximum atomic E-state index is 13.3. The van der Waals surface area contributed by atoms with Gasteiger partial charge in [0.05, 0.1) is 11.6 Å². The van der Waals surface area contributed by atoms with Gasteiger partial charge in [0.2, 0.25) is 5.91 Å². The van der Waals surface area contributed by atoms with Crippen LogP contribution in [0.4, 0.5) is 20.3 Å². The Hall–Kier alpha value is -3.36. The molecule has 1 fully saturated rings. The van der Waals surface area contributed by atoms with Gasteiger partial charge in [-0.15, -0.1) is 0 Å². The highest BCUT2D eigenvalue weighted by Crippen LogP contribution is 2.25. The van der Waals surface area contributed by atoms with Crippen molar-refractivity contribution in [3.63, 3.8) is 0 Å². The van der Waals surface area contributed by atoms with Gasteiger partial charge in [0.1, 0.15) is 12.1 Å². The molecule has 4 rings (SSSR count). The molecule has 1 aromatic carbocycles. The molecular formula is C19H18F2N6O. The molecule has 0 bridgehead atoms. The minimum absolute atomic E-state index is 0.233. The van der Waals surface area contributed by atoms with E-state index in [0.29, 0.717) is 24.7 Å². The molecule has 0 radical (unpaired) electrons. The predicted molar refractivity (Wildman–Crippen MR) is 99.3 cm³/mol. The lowest BCUT2D eigenvalue weighted by Gasteiger charge is -2.39. The molecule has 1 aliphatic heterocycles. The number of amides is 1. The van der Waals surface area contributed by atoms with Crippen LogP contribution in [0.15, 0.2) is 36.7 Å². The summed E-state index contributed by atoms with van der Waals surface area (Å²) < 4.78 is 28.0. The Bertz CT molecular complexity index is 1040. The molecule has 0 atom stereocenters. The van der Waals surface area contributed by atoms with Crippen LogP contribution >= 0.6 is 0 Å². The van der Waals surface area contributed by atoms with Crippen molar-refractivity contribution in [2.24, 2.45) is 5.92 Å². The van der Waals surface area contributed by atoms with E-state index in [4.69, 9.17) is 0 Å². The van der Waals surface area contributed by atoms with E-state index >= 15 is 0 Å². The van der Waals surface area contributed by atoms with Gasteiger partial charge in [-0.2, -0.15) is 5.10 Å². The third-order valence-electron chi connectivity index (χ3n) is 4.63. The molecule has 0 spiro atoms. The number of hydrogen-bond donors (Lipinski definition) is 1. The topological polar surface area (TPSA) is 75.9 Å². The van der Waals surface area contributed by atoms with Crippen molar-refractivity contribution >= 4 is 17.4 Å². The Morgan fingerprint density at radius 1 is 1.07 bits per heavy atom. The molecule has 1 amide bonds. The molecule has 0 unspecified atom stereocenters. The number of carbonyl (C=O) groups is 1. The standard InChI is InChI=1S/C19H18F2N6O/c1-11-5-12(2)27(25-11)18-7-17(22-10-23-18)26-8-13(9-26)19(28)24-14-3-4-15(20)16(21)6-14/h3-7,10,13H,8-9H2,1-2H3,(H,24,28). The fraction of sp³-hybridized carbons (Fsp3) is 0.263. The van der Waals surface area contributed by atoms with E-state index in [1.807, 2.05) is 30.9 Å². The molecule has 0 aliphatic carbocycles. The summed E-state index contributed by atoms with van der Waals surface area (Å²) in [5.41, 5.74) is 2.10. The van der Waals surface area contributed by atoms with Crippen LogP contribution in [0.1, 0.15) is 11.4 Å². The van der Waals surface area contributed by atoms with Crippen LogP contribution in [-0.2, 0) is 4.79 Å². The minimum Gasteiger partial charge on any atom is -0.355 e. The number of benzene rings is 1. The molecular weight excluding hydrogens is 366 g/mol. The van der Waals surface area contributed by atoms with E-state index in [2.05, 4.69) is 20.4 Å². The molecule has 144 valence electrons. The van der Waals surface area contributed by atoms with Crippen LogP contribution in [0.25, 0.3) is 5.82 Å². The lowest BCUT2D eigenvalue weighted by Crippen LogP contribution is -2.52. The maximum Gasteiger partial charge on any atom is 0.231 e. The smallest absolute Gasteiger partial charge is 0.231 e. The average Bonchev–Trinajstić information content (AvgIpc) is 2.95. The second-order valence-electron chi connectivity index (χ2n) is 6.79. The Balaban J connectivity index is 1.41. The zero-order chi connectivity index (χ0) is 19.8. The van der Waals surface area contributed by atoms with Crippen LogP contribution in [0.5, 0.6) is 0 Å². The van der Waals surface area contributed by atoms with E-state index in [0.717, 1.165) is 23.5 Å². The highest BCUT2D eigenvalue weighted by atomic mass is 19.2. The quantitative estimate of drug-likeness (QED) is 0.748. The van der Waals surface area contributed by atoms with Gasteiger partial charge < -0.3 is 10.2 Å². The van der Waals surface area contributed by atoms with Gasteiger partial charge >= 0.3 is 0 Å². The number of aryl methyl sites for hydroxylation is 2. The Kier molecular flexibility index (Phi) is 4.50. The van der Waals surface area contributed by atoms with Crippen LogP contribution in [0.3, 0.4) is 0 Å². The van der Waals surface area contributed by atoms with Gasteiger partial charge in [0.15, 0.2) is 17.5 Å². The second-order valence-corrected chi connectivity index (χ2v) is 6.79. The van der Waals surface area contributed by atoms with Crippen molar-refractivity contribution in [3.8, 4) is 5.82 Å². The summed E-state index contributed by atoms with van der Waals surface area (Å²) in [5, 5.41) is 7.03. The van der Waals surface area contributed by atoms with Crippen molar-refractivity contribution < 1.29 is 13.6 Å². The third kappa shape index (κ3) is 3.42. The third-order valence-corrected chi connectivity index (χ3v) is 4.63. The lowest BCUT2D eigenvalue weighted by atomic mass is 9.99. The molecule has 1 saturated heterocycles. The SMILES string of the molecule is Cc1cc(C)n(-c2cc(N3CC(C(=O)Nc4ccc(F)c(F)c4)C3)ncn2)n1. The van der Waals surface area contributed by atoms with Gasteiger partial charge in [-0.25, -0.2) is 23.4 Å². The van der Waals surface area contributed by atoms with Crippen molar-refractivity contribution in [1.29, 1.82) is 0 Å². The summed E-state index contributed by atoms with van der Waals surface area (Å²) in [7, 11) is 0.